The molecule has 1 N–H and O–H groups in total. The van der Waals surface area contributed by atoms with Crippen LogP contribution < -0.4 is 5.32 Å². The second-order valence-electron chi connectivity index (χ2n) is 5.14. The van der Waals surface area contributed by atoms with Crippen LogP contribution >= 0.6 is 0 Å². The molecule has 0 atom stereocenters. The van der Waals surface area contributed by atoms with E-state index in [1.165, 1.54) is 24.3 Å². The predicted molar refractivity (Wildman–Crippen MR) is 88.8 cm³/mol. The summed E-state index contributed by atoms with van der Waals surface area (Å²) in [5.74, 6) is 0.0594. The lowest BCUT2D eigenvalue weighted by Gasteiger charge is -2.03. The molecule has 0 aliphatic carbocycles. The van der Waals surface area contributed by atoms with Crippen LogP contribution in [0.5, 0.6) is 0 Å². The molecule has 0 radical (unpaired) electrons. The summed E-state index contributed by atoms with van der Waals surface area (Å²) >= 11 is 0. The molecule has 3 aromatic rings. The SMILES string of the molecule is O=C(Nc1ccn(Cc2ccccc2)n1)c1ccc([N+](=O)[O-])cc1. The van der Waals surface area contributed by atoms with Gasteiger partial charge in [-0.15, -0.1) is 0 Å². The second-order valence-corrected chi connectivity index (χ2v) is 5.14. The molecule has 1 heterocycles. The van der Waals surface area contributed by atoms with Crippen molar-refractivity contribution in [2.75, 3.05) is 5.32 Å². The number of non-ortho nitro benzene ring substituents is 1. The molecule has 0 unspecified atom stereocenters. The molecule has 3 rings (SSSR count). The van der Waals surface area contributed by atoms with E-state index in [9.17, 15) is 14.9 Å². The first kappa shape index (κ1) is 15.4. The van der Waals surface area contributed by atoms with E-state index in [4.69, 9.17) is 0 Å². The highest BCUT2D eigenvalue weighted by atomic mass is 16.6. The van der Waals surface area contributed by atoms with Crippen LogP contribution in [0.1, 0.15) is 15.9 Å². The van der Waals surface area contributed by atoms with Gasteiger partial charge in [-0.25, -0.2) is 0 Å². The molecule has 2 aromatic carbocycles. The summed E-state index contributed by atoms with van der Waals surface area (Å²) in [5.41, 5.74) is 1.38. The normalized spacial score (nSPS) is 10.3. The summed E-state index contributed by atoms with van der Waals surface area (Å²) in [5, 5.41) is 17.6. The Hall–Kier alpha value is -3.48. The van der Waals surface area contributed by atoms with Gasteiger partial charge in [0.05, 0.1) is 11.5 Å². The molecule has 0 aliphatic heterocycles. The topological polar surface area (TPSA) is 90.1 Å². The molecule has 24 heavy (non-hydrogen) atoms. The molecule has 0 spiro atoms. The summed E-state index contributed by atoms with van der Waals surface area (Å²) in [6.07, 6.45) is 1.78. The van der Waals surface area contributed by atoms with E-state index in [2.05, 4.69) is 10.4 Å². The lowest BCUT2D eigenvalue weighted by atomic mass is 10.2. The van der Waals surface area contributed by atoms with E-state index in [1.807, 2.05) is 30.3 Å². The number of nitrogens with one attached hydrogen (secondary N) is 1. The zero-order valence-electron chi connectivity index (χ0n) is 12.6. The first-order valence-electron chi connectivity index (χ1n) is 7.25. The Labute approximate surface area is 137 Å². The summed E-state index contributed by atoms with van der Waals surface area (Å²) in [6, 6.07) is 17.0. The number of rotatable bonds is 5. The Morgan fingerprint density at radius 2 is 1.79 bits per heavy atom. The van der Waals surface area contributed by atoms with Crippen molar-refractivity contribution in [2.24, 2.45) is 0 Å². The van der Waals surface area contributed by atoms with E-state index in [1.54, 1.807) is 16.9 Å². The lowest BCUT2D eigenvalue weighted by Crippen LogP contribution is -2.12. The Kier molecular flexibility index (Phi) is 4.33. The molecule has 120 valence electrons. The molecule has 7 nitrogen and oxygen atoms in total. The molecule has 1 aromatic heterocycles. The number of nitro groups is 1. The highest BCUT2D eigenvalue weighted by molar-refractivity contribution is 6.03. The van der Waals surface area contributed by atoms with Gasteiger partial charge in [-0.3, -0.25) is 19.6 Å². The third-order valence-corrected chi connectivity index (χ3v) is 3.41. The van der Waals surface area contributed by atoms with Gasteiger partial charge in [-0.1, -0.05) is 30.3 Å². The number of nitrogens with zero attached hydrogens (tertiary/aromatic N) is 3. The first-order valence-corrected chi connectivity index (χ1v) is 7.25. The summed E-state index contributed by atoms with van der Waals surface area (Å²) < 4.78 is 1.72. The van der Waals surface area contributed by atoms with Gasteiger partial charge in [0.15, 0.2) is 5.82 Å². The van der Waals surface area contributed by atoms with E-state index >= 15 is 0 Å². The Balaban J connectivity index is 1.65. The molecule has 0 aliphatic rings. The number of anilines is 1. The third-order valence-electron chi connectivity index (χ3n) is 3.41. The number of amides is 1. The maximum Gasteiger partial charge on any atom is 0.269 e. The Bertz CT molecular complexity index is 857. The van der Waals surface area contributed by atoms with Crippen molar-refractivity contribution >= 4 is 17.4 Å². The zero-order chi connectivity index (χ0) is 16.9. The number of nitro benzene ring substituents is 1. The van der Waals surface area contributed by atoms with Crippen LogP contribution in [0.4, 0.5) is 11.5 Å². The quantitative estimate of drug-likeness (QED) is 0.577. The number of carbonyl (C=O) groups is 1. The second kappa shape index (κ2) is 6.74. The van der Waals surface area contributed by atoms with Gasteiger partial charge >= 0.3 is 0 Å². The summed E-state index contributed by atoms with van der Waals surface area (Å²) in [6.45, 7) is 0.605. The highest BCUT2D eigenvalue weighted by Crippen LogP contribution is 2.13. The standard InChI is InChI=1S/C17H14N4O3/c22-17(14-6-8-15(9-7-14)21(23)24)18-16-10-11-20(19-16)12-13-4-2-1-3-5-13/h1-11H,12H2,(H,18,19,22). The minimum atomic E-state index is -0.507. The van der Waals surface area contributed by atoms with E-state index in [0.717, 1.165) is 5.56 Å². The molecular weight excluding hydrogens is 308 g/mol. The van der Waals surface area contributed by atoms with Crippen LogP contribution in [-0.4, -0.2) is 20.6 Å². The van der Waals surface area contributed by atoms with Crippen molar-refractivity contribution < 1.29 is 9.72 Å². The van der Waals surface area contributed by atoms with Crippen LogP contribution in [-0.2, 0) is 6.54 Å². The van der Waals surface area contributed by atoms with E-state index in [-0.39, 0.29) is 11.6 Å². The fourth-order valence-corrected chi connectivity index (χ4v) is 2.21. The van der Waals surface area contributed by atoms with Crippen molar-refractivity contribution in [3.63, 3.8) is 0 Å². The molecule has 1 amide bonds. The minimum Gasteiger partial charge on any atom is -0.305 e. The van der Waals surface area contributed by atoms with Crippen molar-refractivity contribution in [3.8, 4) is 0 Å². The van der Waals surface area contributed by atoms with Crippen LogP contribution in [0, 0.1) is 10.1 Å². The van der Waals surface area contributed by atoms with E-state index < -0.39 is 4.92 Å². The zero-order valence-corrected chi connectivity index (χ0v) is 12.6. The van der Waals surface area contributed by atoms with Crippen molar-refractivity contribution in [1.82, 2.24) is 9.78 Å². The number of carbonyl (C=O) groups excluding carboxylic acids is 1. The van der Waals surface area contributed by atoms with Gasteiger partial charge in [0.2, 0.25) is 0 Å². The maximum absolute atomic E-state index is 12.1. The third kappa shape index (κ3) is 3.64. The number of aromatic nitrogens is 2. The van der Waals surface area contributed by atoms with Crippen molar-refractivity contribution in [1.29, 1.82) is 0 Å². The maximum atomic E-state index is 12.1. The molecule has 0 saturated carbocycles. The van der Waals surface area contributed by atoms with Gasteiger partial charge in [0, 0.05) is 30.0 Å². The molecule has 0 saturated heterocycles. The number of hydrogen-bond acceptors (Lipinski definition) is 4. The van der Waals surface area contributed by atoms with Gasteiger partial charge < -0.3 is 5.32 Å². The van der Waals surface area contributed by atoms with Crippen molar-refractivity contribution in [2.45, 2.75) is 6.54 Å². The average molecular weight is 322 g/mol. The van der Waals surface area contributed by atoms with Crippen LogP contribution in [0.15, 0.2) is 66.9 Å². The molecule has 0 fully saturated rings. The van der Waals surface area contributed by atoms with Crippen LogP contribution in [0.3, 0.4) is 0 Å². The van der Waals surface area contributed by atoms with Gasteiger partial charge in [-0.2, -0.15) is 5.10 Å². The Morgan fingerprint density at radius 1 is 1.08 bits per heavy atom. The summed E-state index contributed by atoms with van der Waals surface area (Å²) in [7, 11) is 0. The average Bonchev–Trinajstić information content (AvgIpc) is 3.02. The molecular formula is C17H14N4O3. The van der Waals surface area contributed by atoms with Gasteiger partial charge in [-0.05, 0) is 17.7 Å². The molecule has 7 heteroatoms. The van der Waals surface area contributed by atoms with E-state index in [0.29, 0.717) is 17.9 Å². The summed E-state index contributed by atoms with van der Waals surface area (Å²) in [4.78, 5) is 22.2. The Morgan fingerprint density at radius 3 is 2.46 bits per heavy atom. The highest BCUT2D eigenvalue weighted by Gasteiger charge is 2.11. The minimum absolute atomic E-state index is 0.0568. The van der Waals surface area contributed by atoms with Gasteiger partial charge in [0.25, 0.3) is 11.6 Å². The lowest BCUT2D eigenvalue weighted by molar-refractivity contribution is -0.384. The largest absolute Gasteiger partial charge is 0.305 e. The molecule has 0 bridgehead atoms. The smallest absolute Gasteiger partial charge is 0.269 e. The monoisotopic (exact) mass is 322 g/mol. The fourth-order valence-electron chi connectivity index (χ4n) is 2.21. The first-order chi connectivity index (χ1) is 11.6. The fraction of sp³-hybridized carbons (Fsp3) is 0.0588. The predicted octanol–water partition coefficient (Wildman–Crippen LogP) is 3.09. The van der Waals surface area contributed by atoms with Gasteiger partial charge in [0.1, 0.15) is 0 Å². The number of hydrogen-bond donors (Lipinski definition) is 1. The number of benzene rings is 2. The van der Waals surface area contributed by atoms with Crippen LogP contribution in [0.2, 0.25) is 0 Å². The van der Waals surface area contributed by atoms with Crippen LogP contribution in [0.25, 0.3) is 0 Å². The van der Waals surface area contributed by atoms with Crippen molar-refractivity contribution in [3.05, 3.63) is 88.1 Å².